The molecule has 2 aromatic rings. The molecule has 0 fully saturated rings. The van der Waals surface area contributed by atoms with Crippen LogP contribution in [0.5, 0.6) is 11.5 Å². The van der Waals surface area contributed by atoms with E-state index in [-0.39, 0.29) is 37.7 Å². The van der Waals surface area contributed by atoms with Crippen LogP contribution in [0, 0.1) is 36.8 Å². The van der Waals surface area contributed by atoms with Crippen molar-refractivity contribution in [2.75, 3.05) is 0 Å². The molecule has 2 aromatic carbocycles. The maximum Gasteiger partial charge on any atom is 2.00 e. The quantitative estimate of drug-likeness (QED) is 0.413. The van der Waals surface area contributed by atoms with Crippen LogP contribution >= 0.6 is 0 Å². The molecule has 0 aliphatic heterocycles. The molecule has 4 rings (SSSR count). The maximum atomic E-state index is 8.85. The second kappa shape index (κ2) is 17.1. The van der Waals surface area contributed by atoms with Gasteiger partial charge in [0, 0.05) is 11.1 Å². The van der Waals surface area contributed by atoms with Gasteiger partial charge in [-0.1, -0.05) is 24.0 Å². The van der Waals surface area contributed by atoms with Crippen LogP contribution in [-0.2, 0) is 26.2 Å². The molecule has 3 heteroatoms. The third-order valence-electron chi connectivity index (χ3n) is 3.20. The van der Waals surface area contributed by atoms with Gasteiger partial charge in [0.1, 0.15) is 11.5 Å². The Labute approximate surface area is 193 Å². The first kappa shape index (κ1) is 26.0. The first-order valence-electron chi connectivity index (χ1n) is 8.60. The van der Waals surface area contributed by atoms with Crippen molar-refractivity contribution in [3.8, 4) is 36.2 Å². The van der Waals surface area contributed by atoms with Gasteiger partial charge in [0.25, 0.3) is 0 Å². The van der Waals surface area contributed by atoms with Gasteiger partial charge in [-0.25, -0.2) is 24.3 Å². The van der Waals surface area contributed by atoms with Crippen LogP contribution < -0.4 is 0 Å². The molecule has 0 saturated carbocycles. The summed E-state index contributed by atoms with van der Waals surface area (Å²) in [6.07, 6.45) is 30.1. The molecule has 142 valence electrons. The summed E-state index contributed by atoms with van der Waals surface area (Å²) in [6, 6.07) is 13.2. The van der Waals surface area contributed by atoms with E-state index in [1.807, 2.05) is 24.3 Å². The van der Waals surface area contributed by atoms with E-state index >= 15 is 0 Å². The van der Waals surface area contributed by atoms with Crippen LogP contribution in [0.15, 0.2) is 85.0 Å². The summed E-state index contributed by atoms with van der Waals surface area (Å²) in [6.45, 7) is 0. The summed E-state index contributed by atoms with van der Waals surface area (Å²) in [7, 11) is 0. The minimum absolute atomic E-state index is 0. The van der Waals surface area contributed by atoms with Gasteiger partial charge in [-0.3, -0.25) is 12.2 Å². The van der Waals surface area contributed by atoms with Crippen molar-refractivity contribution in [2.24, 2.45) is 0 Å². The summed E-state index contributed by atoms with van der Waals surface area (Å²) < 4.78 is 0. The molecule has 0 atom stereocenters. The Morgan fingerprint density at radius 2 is 1.14 bits per heavy atom. The minimum Gasteiger partial charge on any atom is -0.508 e. The SMILES string of the molecule is C#Cc1cccc(O)c1.C#Cc1cccc(O)c1.[C-]1=CC=CC1.[C-]1=CC=CC1.[Zr+2]. The first-order valence-corrected chi connectivity index (χ1v) is 8.60. The zero-order chi connectivity index (χ0) is 20.5. The van der Waals surface area contributed by atoms with Gasteiger partial charge in [0.2, 0.25) is 0 Å². The van der Waals surface area contributed by atoms with Crippen LogP contribution in [0.25, 0.3) is 0 Å². The standard InChI is InChI=1S/2C8H6O.2C5H5.Zr/c2*1-2-7-4-3-5-8(9)6-7;2*1-2-4-5-3-1;/h2*1,3-6,9H;2*1-3H,4H2;/q;;2*-1;+2. The smallest absolute Gasteiger partial charge is 0.508 e. The number of hydrogen-bond acceptors (Lipinski definition) is 2. The third kappa shape index (κ3) is 13.8. The predicted octanol–water partition coefficient (Wildman–Crippen LogP) is 5.36. The van der Waals surface area contributed by atoms with Crippen molar-refractivity contribution >= 4 is 0 Å². The fraction of sp³-hybridized carbons (Fsp3) is 0.0769. The Bertz CT molecular complexity index is 825. The molecule has 0 radical (unpaired) electrons. The van der Waals surface area contributed by atoms with Gasteiger partial charge in [-0.2, -0.15) is 12.2 Å². The van der Waals surface area contributed by atoms with Crippen LogP contribution in [0.2, 0.25) is 0 Å². The van der Waals surface area contributed by atoms with E-state index in [0.29, 0.717) is 11.1 Å². The fourth-order valence-corrected chi connectivity index (χ4v) is 1.87. The molecule has 0 amide bonds. The van der Waals surface area contributed by atoms with Crippen molar-refractivity contribution in [2.45, 2.75) is 12.8 Å². The number of terminal acetylenes is 2. The maximum absolute atomic E-state index is 8.85. The molecular formula is C26H22O2Zr. The Morgan fingerprint density at radius 3 is 1.31 bits per heavy atom. The van der Waals surface area contributed by atoms with Crippen LogP contribution in [0.1, 0.15) is 24.0 Å². The van der Waals surface area contributed by atoms with Crippen LogP contribution in [0.3, 0.4) is 0 Å². The van der Waals surface area contributed by atoms with E-state index in [2.05, 4.69) is 36.1 Å². The van der Waals surface area contributed by atoms with Crippen LogP contribution in [0.4, 0.5) is 0 Å². The Hall–Kier alpha value is -3.00. The minimum atomic E-state index is 0. The van der Waals surface area contributed by atoms with E-state index in [0.717, 1.165) is 12.8 Å². The topological polar surface area (TPSA) is 40.5 Å². The van der Waals surface area contributed by atoms with E-state index < -0.39 is 0 Å². The number of allylic oxidation sites excluding steroid dienone is 8. The largest absolute Gasteiger partial charge is 2.00 e. The second-order valence-electron chi connectivity index (χ2n) is 5.40. The van der Waals surface area contributed by atoms with Gasteiger partial charge >= 0.3 is 26.2 Å². The Balaban J connectivity index is 0.000000369. The third-order valence-corrected chi connectivity index (χ3v) is 3.20. The number of hydrogen-bond donors (Lipinski definition) is 2. The average Bonchev–Trinajstić information content (AvgIpc) is 3.47. The molecule has 0 heterocycles. The van der Waals surface area contributed by atoms with Gasteiger partial charge in [-0.15, -0.1) is 25.7 Å². The molecule has 2 aliphatic rings. The number of rotatable bonds is 0. The molecule has 0 aromatic heterocycles. The first-order chi connectivity index (χ1) is 13.7. The van der Waals surface area contributed by atoms with Crippen molar-refractivity contribution in [1.29, 1.82) is 0 Å². The molecule has 0 spiro atoms. The average molecular weight is 458 g/mol. The zero-order valence-electron chi connectivity index (χ0n) is 16.0. The molecule has 0 unspecified atom stereocenters. The predicted molar refractivity (Wildman–Crippen MR) is 115 cm³/mol. The molecule has 0 bridgehead atoms. The molecule has 0 saturated heterocycles. The number of aromatic hydroxyl groups is 2. The van der Waals surface area contributed by atoms with Gasteiger partial charge in [0.05, 0.1) is 0 Å². The number of phenolic OH excluding ortho intramolecular Hbond substituents is 2. The van der Waals surface area contributed by atoms with Gasteiger partial charge < -0.3 is 10.2 Å². The molecule has 2 N–H and O–H groups in total. The van der Waals surface area contributed by atoms with E-state index in [4.69, 9.17) is 23.1 Å². The summed E-state index contributed by atoms with van der Waals surface area (Å²) >= 11 is 0. The van der Waals surface area contributed by atoms with Crippen molar-refractivity contribution in [3.05, 3.63) is 108 Å². The summed E-state index contributed by atoms with van der Waals surface area (Å²) in [5.41, 5.74) is 1.41. The van der Waals surface area contributed by atoms with Crippen LogP contribution in [-0.4, -0.2) is 10.2 Å². The van der Waals surface area contributed by atoms with E-state index in [9.17, 15) is 0 Å². The summed E-state index contributed by atoms with van der Waals surface area (Å²) in [5, 5.41) is 17.7. The molecular weight excluding hydrogens is 436 g/mol. The van der Waals surface area contributed by atoms with Gasteiger partial charge in [-0.05, 0) is 36.4 Å². The molecule has 29 heavy (non-hydrogen) atoms. The van der Waals surface area contributed by atoms with E-state index in [1.54, 1.807) is 48.5 Å². The number of phenols is 2. The van der Waals surface area contributed by atoms with Gasteiger partial charge in [0.15, 0.2) is 0 Å². The summed E-state index contributed by atoms with van der Waals surface area (Å²) in [4.78, 5) is 0. The Kier molecular flexibility index (Phi) is 15.4. The van der Waals surface area contributed by atoms with E-state index in [1.165, 1.54) is 0 Å². The van der Waals surface area contributed by atoms with Crippen molar-refractivity contribution in [1.82, 2.24) is 0 Å². The normalized spacial score (nSPS) is 11.2. The Morgan fingerprint density at radius 1 is 0.724 bits per heavy atom. The second-order valence-corrected chi connectivity index (χ2v) is 5.40. The monoisotopic (exact) mass is 456 g/mol. The number of benzene rings is 2. The van der Waals surface area contributed by atoms with Crippen molar-refractivity contribution in [3.63, 3.8) is 0 Å². The summed E-state index contributed by atoms with van der Waals surface area (Å²) in [5.74, 6) is 5.24. The zero-order valence-corrected chi connectivity index (χ0v) is 18.5. The van der Waals surface area contributed by atoms with Crippen molar-refractivity contribution < 1.29 is 36.4 Å². The molecule has 2 nitrogen and oxygen atoms in total. The fourth-order valence-electron chi connectivity index (χ4n) is 1.87. The molecule has 2 aliphatic carbocycles.